The number of pyridine rings is 1. The van der Waals surface area contributed by atoms with Crippen LogP contribution in [0.3, 0.4) is 0 Å². The van der Waals surface area contributed by atoms with Crippen molar-refractivity contribution in [3.8, 4) is 0 Å². The van der Waals surface area contributed by atoms with Crippen LogP contribution in [0.25, 0.3) is 0 Å². The zero-order chi connectivity index (χ0) is 13.0. The predicted octanol–water partition coefficient (Wildman–Crippen LogP) is 2.01. The molecule has 0 aliphatic rings. The van der Waals surface area contributed by atoms with Crippen LogP contribution in [-0.4, -0.2) is 16.9 Å². The molecule has 3 N–H and O–H groups in total. The second kappa shape index (κ2) is 5.77. The minimum atomic E-state index is -0.474. The third-order valence-corrected chi connectivity index (χ3v) is 2.41. The summed E-state index contributed by atoms with van der Waals surface area (Å²) < 4.78 is 0. The molecule has 0 radical (unpaired) electrons. The molecule has 1 aromatic rings. The maximum Gasteiger partial charge on any atom is 0.242 e. The number of carbonyl (C=O) groups excluding carboxylic acids is 1. The van der Waals surface area contributed by atoms with Crippen LogP contribution in [-0.2, 0) is 4.79 Å². The van der Waals surface area contributed by atoms with Gasteiger partial charge in [0.25, 0.3) is 0 Å². The number of nitrogens with zero attached hydrogens (tertiary/aromatic N) is 1. The van der Waals surface area contributed by atoms with Crippen molar-refractivity contribution in [2.75, 3.05) is 5.32 Å². The van der Waals surface area contributed by atoms with Crippen molar-refractivity contribution in [2.24, 2.45) is 11.7 Å². The van der Waals surface area contributed by atoms with Crippen molar-refractivity contribution in [3.63, 3.8) is 0 Å². The fourth-order valence-corrected chi connectivity index (χ4v) is 1.74. The molecular weight excluding hydrogens is 214 g/mol. The molecule has 0 aliphatic carbocycles. The van der Waals surface area contributed by atoms with Gasteiger partial charge in [0.1, 0.15) is 5.82 Å². The number of hydrogen-bond donors (Lipinski definition) is 2. The summed E-state index contributed by atoms with van der Waals surface area (Å²) in [5.41, 5.74) is 7.76. The molecule has 0 fully saturated rings. The zero-order valence-electron chi connectivity index (χ0n) is 10.9. The highest BCUT2D eigenvalue weighted by Crippen LogP contribution is 2.10. The van der Waals surface area contributed by atoms with Gasteiger partial charge in [-0.1, -0.05) is 13.8 Å². The quantitative estimate of drug-likeness (QED) is 0.838. The van der Waals surface area contributed by atoms with Crippen LogP contribution in [0.5, 0.6) is 0 Å². The molecule has 17 heavy (non-hydrogen) atoms. The Labute approximate surface area is 103 Å². The lowest BCUT2D eigenvalue weighted by molar-refractivity contribution is -0.117. The van der Waals surface area contributed by atoms with Crippen LogP contribution in [0, 0.1) is 19.8 Å². The molecule has 1 unspecified atom stereocenters. The number of amides is 1. The number of aryl methyl sites for hydroxylation is 2. The first-order valence-electron chi connectivity index (χ1n) is 5.90. The van der Waals surface area contributed by atoms with Crippen LogP contribution >= 0.6 is 0 Å². The SMILES string of the molecule is Cc1cc(C)nc(NC(=O)C(N)CC(C)C)c1. The molecule has 4 nitrogen and oxygen atoms in total. The molecule has 1 amide bonds. The van der Waals surface area contributed by atoms with Gasteiger partial charge < -0.3 is 11.1 Å². The Kier molecular flexibility index (Phi) is 4.63. The van der Waals surface area contributed by atoms with Gasteiger partial charge in [0.15, 0.2) is 0 Å². The summed E-state index contributed by atoms with van der Waals surface area (Å²) in [6.07, 6.45) is 0.677. The van der Waals surface area contributed by atoms with Crippen LogP contribution in [0.4, 0.5) is 5.82 Å². The fraction of sp³-hybridized carbons (Fsp3) is 0.538. The first-order chi connectivity index (χ1) is 7.88. The lowest BCUT2D eigenvalue weighted by atomic mass is 10.0. The first-order valence-corrected chi connectivity index (χ1v) is 5.90. The highest BCUT2D eigenvalue weighted by Gasteiger charge is 2.15. The van der Waals surface area contributed by atoms with Gasteiger partial charge in [0.05, 0.1) is 6.04 Å². The van der Waals surface area contributed by atoms with Gasteiger partial charge in [-0.2, -0.15) is 0 Å². The molecule has 0 aromatic carbocycles. The normalized spacial score (nSPS) is 12.6. The van der Waals surface area contributed by atoms with Crippen molar-refractivity contribution in [2.45, 2.75) is 40.2 Å². The summed E-state index contributed by atoms with van der Waals surface area (Å²) in [7, 11) is 0. The van der Waals surface area contributed by atoms with E-state index in [1.165, 1.54) is 0 Å². The van der Waals surface area contributed by atoms with Crippen LogP contribution < -0.4 is 11.1 Å². The topological polar surface area (TPSA) is 68.0 Å². The molecule has 0 bridgehead atoms. The van der Waals surface area contributed by atoms with Crippen molar-refractivity contribution in [1.29, 1.82) is 0 Å². The van der Waals surface area contributed by atoms with E-state index in [1.807, 2.05) is 39.8 Å². The third-order valence-electron chi connectivity index (χ3n) is 2.41. The van der Waals surface area contributed by atoms with E-state index < -0.39 is 6.04 Å². The molecular formula is C13H21N3O. The van der Waals surface area contributed by atoms with E-state index in [0.29, 0.717) is 18.2 Å². The Morgan fingerprint density at radius 3 is 2.59 bits per heavy atom. The van der Waals surface area contributed by atoms with Gasteiger partial charge in [-0.25, -0.2) is 4.98 Å². The van der Waals surface area contributed by atoms with Gasteiger partial charge in [0.2, 0.25) is 5.91 Å². The van der Waals surface area contributed by atoms with Crippen molar-refractivity contribution in [1.82, 2.24) is 4.98 Å². The number of hydrogen-bond acceptors (Lipinski definition) is 3. The highest BCUT2D eigenvalue weighted by molar-refractivity contribution is 5.93. The number of anilines is 1. The maximum absolute atomic E-state index is 11.8. The molecule has 0 saturated heterocycles. The number of nitrogens with two attached hydrogens (primary N) is 1. The molecule has 1 atom stereocenters. The van der Waals surface area contributed by atoms with E-state index in [1.54, 1.807) is 0 Å². The molecule has 0 spiro atoms. The predicted molar refractivity (Wildman–Crippen MR) is 69.8 cm³/mol. The minimum Gasteiger partial charge on any atom is -0.320 e. The largest absolute Gasteiger partial charge is 0.320 e. The third kappa shape index (κ3) is 4.53. The second-order valence-corrected chi connectivity index (χ2v) is 4.90. The summed E-state index contributed by atoms with van der Waals surface area (Å²) in [5, 5.41) is 2.75. The molecule has 1 heterocycles. The minimum absolute atomic E-state index is 0.170. The Balaban J connectivity index is 2.67. The van der Waals surface area contributed by atoms with E-state index in [0.717, 1.165) is 11.3 Å². The second-order valence-electron chi connectivity index (χ2n) is 4.90. The molecule has 0 aliphatic heterocycles. The van der Waals surface area contributed by atoms with Gasteiger partial charge in [-0.05, 0) is 43.9 Å². The lowest BCUT2D eigenvalue weighted by Crippen LogP contribution is -2.36. The van der Waals surface area contributed by atoms with Crippen LogP contribution in [0.2, 0.25) is 0 Å². The van der Waals surface area contributed by atoms with Crippen LogP contribution in [0.15, 0.2) is 12.1 Å². The summed E-state index contributed by atoms with van der Waals surface area (Å²) in [5.74, 6) is 0.811. The van der Waals surface area contributed by atoms with E-state index in [4.69, 9.17) is 5.73 Å². The summed E-state index contributed by atoms with van der Waals surface area (Å²) in [6.45, 7) is 7.96. The molecule has 94 valence electrons. The average molecular weight is 235 g/mol. The Hall–Kier alpha value is -1.42. The number of carbonyl (C=O) groups is 1. The number of aromatic nitrogens is 1. The van der Waals surface area contributed by atoms with Crippen LogP contribution in [0.1, 0.15) is 31.5 Å². The Bertz CT molecular complexity index is 381. The monoisotopic (exact) mass is 235 g/mol. The number of rotatable bonds is 4. The molecule has 1 rings (SSSR count). The van der Waals surface area contributed by atoms with E-state index in [-0.39, 0.29) is 5.91 Å². The van der Waals surface area contributed by atoms with E-state index in [9.17, 15) is 4.79 Å². The molecule has 4 heteroatoms. The summed E-state index contributed by atoms with van der Waals surface area (Å²) in [4.78, 5) is 16.0. The smallest absolute Gasteiger partial charge is 0.242 e. The highest BCUT2D eigenvalue weighted by atomic mass is 16.2. The maximum atomic E-state index is 11.8. The number of nitrogens with one attached hydrogen (secondary N) is 1. The van der Waals surface area contributed by atoms with Gasteiger partial charge in [-0.3, -0.25) is 4.79 Å². The summed E-state index contributed by atoms with van der Waals surface area (Å²) in [6, 6.07) is 3.33. The fourth-order valence-electron chi connectivity index (χ4n) is 1.74. The van der Waals surface area contributed by atoms with Gasteiger partial charge in [0, 0.05) is 5.69 Å². The lowest BCUT2D eigenvalue weighted by Gasteiger charge is -2.14. The Morgan fingerprint density at radius 2 is 2.06 bits per heavy atom. The standard InChI is InChI=1S/C13H21N3O/c1-8(2)5-11(14)13(17)16-12-7-9(3)6-10(4)15-12/h6-8,11H,5,14H2,1-4H3,(H,15,16,17). The molecule has 1 aromatic heterocycles. The van der Waals surface area contributed by atoms with Crippen molar-refractivity contribution < 1.29 is 4.79 Å². The van der Waals surface area contributed by atoms with Gasteiger partial charge >= 0.3 is 0 Å². The molecule has 0 saturated carbocycles. The van der Waals surface area contributed by atoms with Crippen molar-refractivity contribution >= 4 is 11.7 Å². The van der Waals surface area contributed by atoms with E-state index in [2.05, 4.69) is 10.3 Å². The Morgan fingerprint density at radius 1 is 1.41 bits per heavy atom. The summed E-state index contributed by atoms with van der Waals surface area (Å²) >= 11 is 0. The van der Waals surface area contributed by atoms with Gasteiger partial charge in [-0.15, -0.1) is 0 Å². The van der Waals surface area contributed by atoms with Crippen molar-refractivity contribution in [3.05, 3.63) is 23.4 Å². The average Bonchev–Trinajstić information content (AvgIpc) is 2.14. The zero-order valence-corrected chi connectivity index (χ0v) is 10.9. The first kappa shape index (κ1) is 13.6. The van der Waals surface area contributed by atoms with E-state index >= 15 is 0 Å².